The van der Waals surface area contributed by atoms with E-state index in [9.17, 15) is 13.2 Å². The number of methoxy groups -OCH3 is 1. The summed E-state index contributed by atoms with van der Waals surface area (Å²) in [7, 11) is -2.01. The Bertz CT molecular complexity index is 752. The van der Waals surface area contributed by atoms with Gasteiger partial charge in [0.2, 0.25) is 10.0 Å². The van der Waals surface area contributed by atoms with E-state index in [-0.39, 0.29) is 24.5 Å². The highest BCUT2D eigenvalue weighted by molar-refractivity contribution is 7.89. The molecule has 0 fully saturated rings. The molecule has 0 bridgehead atoms. The molecule has 2 N–H and O–H groups in total. The van der Waals surface area contributed by atoms with Crippen molar-refractivity contribution in [2.24, 2.45) is 0 Å². The van der Waals surface area contributed by atoms with Gasteiger partial charge in [0.25, 0.3) is 5.56 Å². The van der Waals surface area contributed by atoms with Gasteiger partial charge >= 0.3 is 0 Å². The summed E-state index contributed by atoms with van der Waals surface area (Å²) in [5.74, 6) is -0.130. The fourth-order valence-corrected chi connectivity index (χ4v) is 2.68. The van der Waals surface area contributed by atoms with Crippen LogP contribution in [0.25, 0.3) is 10.9 Å². The molecule has 0 radical (unpaired) electrons. The Morgan fingerprint density at radius 3 is 2.80 bits per heavy atom. The van der Waals surface area contributed by atoms with Crippen LogP contribution in [0, 0.1) is 0 Å². The van der Waals surface area contributed by atoms with Crippen molar-refractivity contribution >= 4 is 20.9 Å². The molecule has 2 aromatic rings. The van der Waals surface area contributed by atoms with Crippen LogP contribution in [0.1, 0.15) is 5.56 Å². The summed E-state index contributed by atoms with van der Waals surface area (Å²) in [4.78, 5) is 14.6. The Labute approximate surface area is 116 Å². The summed E-state index contributed by atoms with van der Waals surface area (Å²) >= 11 is 0. The number of nitrogens with one attached hydrogen (secondary N) is 2. The number of aromatic amines is 1. The number of fused-ring (bicyclic) bond motifs is 1. The second-order valence-corrected chi connectivity index (χ2v) is 6.27. The predicted octanol–water partition coefficient (Wildman–Crippen LogP) is 0.594. The molecule has 0 amide bonds. The SMILES string of the molecule is COCCS(=O)(=O)NCc1cc2ccccc2[nH]c1=O. The maximum absolute atomic E-state index is 11.8. The van der Waals surface area contributed by atoms with Crippen molar-refractivity contribution in [2.75, 3.05) is 19.5 Å². The van der Waals surface area contributed by atoms with Crippen molar-refractivity contribution < 1.29 is 13.2 Å². The minimum absolute atomic E-state index is 0.0355. The van der Waals surface area contributed by atoms with E-state index in [1.165, 1.54) is 7.11 Å². The van der Waals surface area contributed by atoms with Gasteiger partial charge in [0.05, 0.1) is 12.4 Å². The average Bonchev–Trinajstić information content (AvgIpc) is 2.43. The van der Waals surface area contributed by atoms with Crippen LogP contribution in [0.5, 0.6) is 0 Å². The number of ether oxygens (including phenoxy) is 1. The smallest absolute Gasteiger partial charge is 0.252 e. The molecule has 7 heteroatoms. The van der Waals surface area contributed by atoms with Gasteiger partial charge in [0, 0.05) is 24.7 Å². The summed E-state index contributed by atoms with van der Waals surface area (Å²) in [5, 5.41) is 0.859. The van der Waals surface area contributed by atoms with Crippen LogP contribution in [0.15, 0.2) is 35.1 Å². The molecule has 1 heterocycles. The highest BCUT2D eigenvalue weighted by Gasteiger charge is 2.11. The molecule has 20 heavy (non-hydrogen) atoms. The Kier molecular flexibility index (Phi) is 4.53. The van der Waals surface area contributed by atoms with Crippen molar-refractivity contribution in [3.8, 4) is 0 Å². The van der Waals surface area contributed by atoms with E-state index in [1.54, 1.807) is 12.1 Å². The van der Waals surface area contributed by atoms with Crippen LogP contribution in [0.3, 0.4) is 0 Å². The molecule has 0 atom stereocenters. The van der Waals surface area contributed by atoms with Crippen molar-refractivity contribution in [3.63, 3.8) is 0 Å². The second-order valence-electron chi connectivity index (χ2n) is 4.34. The molecule has 0 saturated carbocycles. The van der Waals surface area contributed by atoms with Crippen LogP contribution < -0.4 is 10.3 Å². The second kappa shape index (κ2) is 6.17. The predicted molar refractivity (Wildman–Crippen MR) is 77.1 cm³/mol. The molecule has 0 unspecified atom stereocenters. The van der Waals surface area contributed by atoms with Gasteiger partial charge in [-0.3, -0.25) is 4.79 Å². The minimum atomic E-state index is -3.44. The van der Waals surface area contributed by atoms with Crippen LogP contribution in [0.2, 0.25) is 0 Å². The third kappa shape index (κ3) is 3.66. The van der Waals surface area contributed by atoms with E-state index in [0.717, 1.165) is 10.9 Å². The highest BCUT2D eigenvalue weighted by atomic mass is 32.2. The van der Waals surface area contributed by atoms with Gasteiger partial charge in [-0.1, -0.05) is 18.2 Å². The van der Waals surface area contributed by atoms with Crippen molar-refractivity contribution in [1.82, 2.24) is 9.71 Å². The number of sulfonamides is 1. The number of para-hydroxylation sites is 1. The van der Waals surface area contributed by atoms with E-state index in [4.69, 9.17) is 4.74 Å². The van der Waals surface area contributed by atoms with E-state index < -0.39 is 10.0 Å². The van der Waals surface area contributed by atoms with E-state index in [2.05, 4.69) is 9.71 Å². The normalized spacial score (nSPS) is 11.8. The maximum atomic E-state index is 11.8. The Balaban J connectivity index is 2.18. The van der Waals surface area contributed by atoms with E-state index >= 15 is 0 Å². The third-order valence-electron chi connectivity index (χ3n) is 2.87. The first-order valence-electron chi connectivity index (χ1n) is 6.09. The molecular formula is C13H16N2O4S. The molecule has 0 aliphatic carbocycles. The third-order valence-corrected chi connectivity index (χ3v) is 4.16. The highest BCUT2D eigenvalue weighted by Crippen LogP contribution is 2.09. The molecule has 1 aromatic carbocycles. The first-order valence-corrected chi connectivity index (χ1v) is 7.74. The zero-order valence-electron chi connectivity index (χ0n) is 11.0. The van der Waals surface area contributed by atoms with Crippen LogP contribution in [-0.4, -0.2) is 32.9 Å². The van der Waals surface area contributed by atoms with Gasteiger partial charge in [0.1, 0.15) is 0 Å². The average molecular weight is 296 g/mol. The fraction of sp³-hybridized carbons (Fsp3) is 0.308. The maximum Gasteiger partial charge on any atom is 0.252 e. The molecular weight excluding hydrogens is 280 g/mol. The van der Waals surface area contributed by atoms with Crippen LogP contribution >= 0.6 is 0 Å². The zero-order valence-corrected chi connectivity index (χ0v) is 11.9. The lowest BCUT2D eigenvalue weighted by atomic mass is 10.1. The van der Waals surface area contributed by atoms with E-state index in [0.29, 0.717) is 5.56 Å². The van der Waals surface area contributed by atoms with Gasteiger partial charge in [-0.05, 0) is 17.5 Å². The number of rotatable bonds is 6. The molecule has 1 aromatic heterocycles. The van der Waals surface area contributed by atoms with Crippen molar-refractivity contribution in [3.05, 3.63) is 46.2 Å². The number of benzene rings is 1. The number of hydrogen-bond acceptors (Lipinski definition) is 4. The van der Waals surface area contributed by atoms with Gasteiger partial charge in [-0.2, -0.15) is 0 Å². The topological polar surface area (TPSA) is 88.3 Å². The standard InChI is InChI=1S/C13H16N2O4S/c1-19-6-7-20(17,18)14-9-11-8-10-4-2-3-5-12(10)15-13(11)16/h2-5,8,14H,6-7,9H2,1H3,(H,15,16). The van der Waals surface area contributed by atoms with Crippen LogP contribution in [-0.2, 0) is 21.3 Å². The Morgan fingerprint density at radius 1 is 1.30 bits per heavy atom. The molecule has 108 valence electrons. The lowest BCUT2D eigenvalue weighted by Gasteiger charge is -2.06. The molecule has 0 aliphatic rings. The first kappa shape index (κ1) is 14.7. The van der Waals surface area contributed by atoms with Crippen molar-refractivity contribution in [1.29, 1.82) is 0 Å². The summed E-state index contributed by atoms with van der Waals surface area (Å²) in [6.07, 6.45) is 0. The van der Waals surface area contributed by atoms with Crippen LogP contribution in [0.4, 0.5) is 0 Å². The summed E-state index contributed by atoms with van der Waals surface area (Å²) < 4.78 is 30.4. The molecule has 6 nitrogen and oxygen atoms in total. The number of aromatic nitrogens is 1. The zero-order chi connectivity index (χ0) is 14.6. The van der Waals surface area contributed by atoms with Crippen molar-refractivity contribution in [2.45, 2.75) is 6.54 Å². The molecule has 2 rings (SSSR count). The molecule has 0 spiro atoms. The fourth-order valence-electron chi connectivity index (χ4n) is 1.78. The summed E-state index contributed by atoms with van der Waals surface area (Å²) in [6.45, 7) is 0.0790. The van der Waals surface area contributed by atoms with E-state index in [1.807, 2.05) is 18.2 Å². The number of pyridine rings is 1. The number of hydrogen-bond donors (Lipinski definition) is 2. The monoisotopic (exact) mass is 296 g/mol. The van der Waals surface area contributed by atoms with Gasteiger partial charge in [0.15, 0.2) is 0 Å². The van der Waals surface area contributed by atoms with Gasteiger partial charge < -0.3 is 9.72 Å². The molecule has 0 aliphatic heterocycles. The largest absolute Gasteiger partial charge is 0.384 e. The van der Waals surface area contributed by atoms with Gasteiger partial charge in [-0.15, -0.1) is 0 Å². The number of H-pyrrole nitrogens is 1. The first-order chi connectivity index (χ1) is 9.52. The van der Waals surface area contributed by atoms with Gasteiger partial charge in [-0.25, -0.2) is 13.1 Å². The molecule has 0 saturated heterocycles. The lowest BCUT2D eigenvalue weighted by molar-refractivity contribution is 0.217. The lowest BCUT2D eigenvalue weighted by Crippen LogP contribution is -2.30. The summed E-state index contributed by atoms with van der Waals surface area (Å²) in [6, 6.07) is 9.02. The minimum Gasteiger partial charge on any atom is -0.384 e. The Hall–Kier alpha value is -1.70. The quantitative estimate of drug-likeness (QED) is 0.817. The Morgan fingerprint density at radius 2 is 2.05 bits per heavy atom. The summed E-state index contributed by atoms with van der Waals surface area (Å²) in [5.41, 5.74) is 0.811.